The molecule has 122 valence electrons. The number of carbonyl (C=O) groups excluding carboxylic acids is 2. The summed E-state index contributed by atoms with van der Waals surface area (Å²) in [5.41, 5.74) is -4.04. The van der Waals surface area contributed by atoms with E-state index < -0.39 is 29.4 Å². The van der Waals surface area contributed by atoms with Crippen LogP contribution in [0.25, 0.3) is 0 Å². The summed E-state index contributed by atoms with van der Waals surface area (Å²) in [5, 5.41) is 20.4. The number of carboxylic acids is 1. The second-order valence-electron chi connectivity index (χ2n) is 5.25. The Balaban J connectivity index is 5.83. The van der Waals surface area contributed by atoms with Gasteiger partial charge in [0.1, 0.15) is 11.7 Å². The van der Waals surface area contributed by atoms with Gasteiger partial charge in [-0.1, -0.05) is 33.6 Å². The molecule has 6 nitrogen and oxygen atoms in total. The van der Waals surface area contributed by atoms with Crippen LogP contribution in [0.1, 0.15) is 59.3 Å². The van der Waals surface area contributed by atoms with Crippen molar-refractivity contribution < 1.29 is 29.3 Å². The predicted octanol–water partition coefficient (Wildman–Crippen LogP) is 1.93. The lowest BCUT2D eigenvalue weighted by molar-refractivity contribution is -0.197. The molecule has 0 fully saturated rings. The number of carboxylic acid groups (broad SMARTS) is 1. The average molecular weight is 302 g/mol. The fraction of sp³-hybridized carbons (Fsp3) is 0.800. The fourth-order valence-electron chi connectivity index (χ4n) is 2.69. The largest absolute Gasteiger partial charge is 0.481 e. The van der Waals surface area contributed by atoms with Crippen LogP contribution in [0, 0.1) is 5.41 Å². The molecule has 0 radical (unpaired) electrons. The summed E-state index contributed by atoms with van der Waals surface area (Å²) in [7, 11) is 0. The maximum Gasteiger partial charge on any atom is 0.339 e. The number of aliphatic carboxylic acids is 1. The average Bonchev–Trinajstić information content (AvgIpc) is 2.43. The van der Waals surface area contributed by atoms with E-state index in [4.69, 9.17) is 4.74 Å². The van der Waals surface area contributed by atoms with Gasteiger partial charge in [-0.3, -0.25) is 4.79 Å². The number of aliphatic hydroxyl groups is 1. The minimum atomic E-state index is -2.33. The molecule has 0 rings (SSSR count). The van der Waals surface area contributed by atoms with E-state index in [0.717, 1.165) is 0 Å². The van der Waals surface area contributed by atoms with E-state index in [2.05, 4.69) is 0 Å². The van der Waals surface area contributed by atoms with Gasteiger partial charge in [-0.15, -0.1) is 0 Å². The van der Waals surface area contributed by atoms with Crippen LogP contribution >= 0.6 is 0 Å². The van der Waals surface area contributed by atoms with Crippen molar-refractivity contribution in [2.45, 2.75) is 64.9 Å². The molecule has 1 atom stereocenters. The summed E-state index contributed by atoms with van der Waals surface area (Å²) in [6, 6.07) is 0. The molecule has 0 saturated carbocycles. The first-order valence-corrected chi connectivity index (χ1v) is 7.42. The topological polar surface area (TPSA) is 101 Å². The summed E-state index contributed by atoms with van der Waals surface area (Å²) < 4.78 is 4.95. The second-order valence-corrected chi connectivity index (χ2v) is 5.25. The third kappa shape index (κ3) is 4.03. The number of hydrogen-bond donors (Lipinski definition) is 2. The Morgan fingerprint density at radius 3 is 1.95 bits per heavy atom. The van der Waals surface area contributed by atoms with E-state index in [1.165, 1.54) is 0 Å². The maximum atomic E-state index is 12.2. The molecule has 0 heterocycles. The Morgan fingerprint density at radius 1 is 1.10 bits per heavy atom. The molecule has 0 aromatic carbocycles. The van der Waals surface area contributed by atoms with Crippen molar-refractivity contribution in [3.05, 3.63) is 0 Å². The number of esters is 1. The summed E-state index contributed by atoms with van der Waals surface area (Å²) in [6.07, 6.45) is 1.47. The van der Waals surface area contributed by atoms with Crippen LogP contribution in [0.15, 0.2) is 0 Å². The lowest BCUT2D eigenvalue weighted by Gasteiger charge is -2.41. The number of rotatable bonds is 11. The number of carbonyl (C=O) groups is 3. The molecule has 0 aliphatic rings. The van der Waals surface area contributed by atoms with Crippen LogP contribution in [-0.2, 0) is 19.1 Å². The molecule has 1 unspecified atom stereocenters. The molecular formula is C15H26O6. The van der Waals surface area contributed by atoms with E-state index in [1.807, 2.05) is 0 Å². The van der Waals surface area contributed by atoms with Crippen LogP contribution in [-0.4, -0.2) is 40.6 Å². The Bertz CT molecular complexity index is 359. The summed E-state index contributed by atoms with van der Waals surface area (Å²) in [5.74, 6) is -2.30. The van der Waals surface area contributed by atoms with Crippen LogP contribution in [0.2, 0.25) is 0 Å². The van der Waals surface area contributed by atoms with Crippen molar-refractivity contribution in [2.75, 3.05) is 6.61 Å². The summed E-state index contributed by atoms with van der Waals surface area (Å²) in [4.78, 5) is 35.0. The zero-order valence-corrected chi connectivity index (χ0v) is 13.1. The third-order valence-electron chi connectivity index (χ3n) is 3.71. The molecule has 0 saturated heterocycles. The van der Waals surface area contributed by atoms with Crippen molar-refractivity contribution in [3.63, 3.8) is 0 Å². The van der Waals surface area contributed by atoms with E-state index in [9.17, 15) is 24.6 Å². The highest BCUT2D eigenvalue weighted by Crippen LogP contribution is 2.44. The highest BCUT2D eigenvalue weighted by Gasteiger charge is 2.60. The van der Waals surface area contributed by atoms with E-state index in [-0.39, 0.29) is 19.4 Å². The quantitative estimate of drug-likeness (QED) is 0.447. The molecule has 2 N–H and O–H groups in total. The normalized spacial score (nSPS) is 14.3. The molecule has 0 aliphatic heterocycles. The molecule has 0 aliphatic carbocycles. The lowest BCUT2D eigenvalue weighted by atomic mass is 9.64. The van der Waals surface area contributed by atoms with Gasteiger partial charge in [0.25, 0.3) is 0 Å². The Morgan fingerprint density at radius 2 is 1.62 bits per heavy atom. The Labute approximate surface area is 125 Å². The zero-order chi connectivity index (χ0) is 16.5. The van der Waals surface area contributed by atoms with Gasteiger partial charge in [0.05, 0.1) is 6.61 Å². The second kappa shape index (κ2) is 8.77. The van der Waals surface area contributed by atoms with Gasteiger partial charge in [-0.25, -0.2) is 4.79 Å². The monoisotopic (exact) mass is 302 g/mol. The van der Waals surface area contributed by atoms with Crippen LogP contribution in [0.4, 0.5) is 0 Å². The van der Waals surface area contributed by atoms with Crippen molar-refractivity contribution in [3.8, 4) is 0 Å². The van der Waals surface area contributed by atoms with Crippen molar-refractivity contribution in [2.24, 2.45) is 5.41 Å². The van der Waals surface area contributed by atoms with Gasteiger partial charge in [0.2, 0.25) is 0 Å². The first kappa shape index (κ1) is 19.6. The standard InChI is InChI=1S/C15H26O6/c1-4-7-14(8-5-2,12(17)18)15(20,9-10-16)13(19)21-11-6-3/h10,20H,4-9,11H2,1-3H3,(H,17,18). The highest BCUT2D eigenvalue weighted by atomic mass is 16.5. The van der Waals surface area contributed by atoms with Gasteiger partial charge in [0.15, 0.2) is 5.60 Å². The molecule has 21 heavy (non-hydrogen) atoms. The van der Waals surface area contributed by atoms with E-state index in [0.29, 0.717) is 25.5 Å². The van der Waals surface area contributed by atoms with Crippen molar-refractivity contribution >= 4 is 18.2 Å². The Hall–Kier alpha value is -1.43. The first-order chi connectivity index (χ1) is 9.86. The number of hydrogen-bond acceptors (Lipinski definition) is 5. The molecule has 6 heteroatoms. The minimum Gasteiger partial charge on any atom is -0.481 e. The van der Waals surface area contributed by atoms with E-state index >= 15 is 0 Å². The lowest BCUT2D eigenvalue weighted by Crippen LogP contribution is -2.59. The van der Waals surface area contributed by atoms with Crippen LogP contribution in [0.3, 0.4) is 0 Å². The smallest absolute Gasteiger partial charge is 0.339 e. The SMILES string of the molecule is CCCOC(=O)C(O)(CC=O)C(CCC)(CCC)C(=O)O. The summed E-state index contributed by atoms with van der Waals surface area (Å²) >= 11 is 0. The third-order valence-corrected chi connectivity index (χ3v) is 3.71. The van der Waals surface area contributed by atoms with Crippen LogP contribution in [0.5, 0.6) is 0 Å². The predicted molar refractivity (Wildman–Crippen MR) is 76.8 cm³/mol. The number of ether oxygens (including phenoxy) is 1. The fourth-order valence-corrected chi connectivity index (χ4v) is 2.69. The van der Waals surface area contributed by atoms with Gasteiger partial charge < -0.3 is 19.7 Å². The van der Waals surface area contributed by atoms with Gasteiger partial charge in [-0.05, 0) is 19.3 Å². The molecule has 0 aromatic rings. The van der Waals surface area contributed by atoms with Crippen molar-refractivity contribution in [1.29, 1.82) is 0 Å². The van der Waals surface area contributed by atoms with Crippen molar-refractivity contribution in [1.82, 2.24) is 0 Å². The summed E-state index contributed by atoms with van der Waals surface area (Å²) in [6.45, 7) is 5.40. The van der Waals surface area contributed by atoms with E-state index in [1.54, 1.807) is 20.8 Å². The highest BCUT2D eigenvalue weighted by molar-refractivity contribution is 5.91. The molecule has 0 aromatic heterocycles. The Kier molecular flexibility index (Phi) is 8.17. The van der Waals surface area contributed by atoms with Gasteiger partial charge in [0, 0.05) is 6.42 Å². The maximum absolute atomic E-state index is 12.2. The van der Waals surface area contributed by atoms with Gasteiger partial charge >= 0.3 is 11.9 Å². The molecule has 0 bridgehead atoms. The van der Waals surface area contributed by atoms with Gasteiger partial charge in [-0.2, -0.15) is 0 Å². The minimum absolute atomic E-state index is 0.0773. The van der Waals surface area contributed by atoms with Crippen LogP contribution < -0.4 is 0 Å². The molecule has 0 spiro atoms. The number of aldehydes is 1. The molecule has 0 amide bonds. The zero-order valence-electron chi connectivity index (χ0n) is 13.1. The molecular weight excluding hydrogens is 276 g/mol. The first-order valence-electron chi connectivity index (χ1n) is 7.42.